The van der Waals surface area contributed by atoms with Crippen LogP contribution in [0.5, 0.6) is 0 Å². The maximum atomic E-state index is 12.5. The van der Waals surface area contributed by atoms with E-state index in [0.717, 1.165) is 22.4 Å². The van der Waals surface area contributed by atoms with Gasteiger partial charge in [-0.05, 0) is 62.2 Å². The van der Waals surface area contributed by atoms with Gasteiger partial charge in [-0.15, -0.1) is 0 Å². The van der Waals surface area contributed by atoms with Crippen molar-refractivity contribution < 1.29 is 13.2 Å². The van der Waals surface area contributed by atoms with Gasteiger partial charge in [-0.25, -0.2) is 8.42 Å². The highest BCUT2D eigenvalue weighted by Gasteiger charge is 2.14. The smallest absolute Gasteiger partial charge is 0.261 e. The molecule has 3 aromatic rings. The molecule has 6 heteroatoms. The van der Waals surface area contributed by atoms with Crippen molar-refractivity contribution in [1.29, 1.82) is 0 Å². The molecule has 5 nitrogen and oxygen atoms in total. The number of carbonyl (C=O) groups is 1. The molecule has 0 saturated heterocycles. The average Bonchev–Trinajstić information content (AvgIpc) is 2.70. The highest BCUT2D eigenvalue weighted by Crippen LogP contribution is 2.18. The molecule has 0 aliphatic heterocycles. The van der Waals surface area contributed by atoms with E-state index in [1.165, 1.54) is 0 Å². The monoisotopic (exact) mass is 408 g/mol. The lowest BCUT2D eigenvalue weighted by atomic mass is 10.1. The average molecular weight is 409 g/mol. The Morgan fingerprint density at radius 2 is 1.28 bits per heavy atom. The molecule has 0 heterocycles. The van der Waals surface area contributed by atoms with Crippen molar-refractivity contribution in [2.45, 2.75) is 31.6 Å². The van der Waals surface area contributed by atoms with Crippen LogP contribution in [0.3, 0.4) is 0 Å². The highest BCUT2D eigenvalue weighted by molar-refractivity contribution is 7.92. The third-order valence-corrected chi connectivity index (χ3v) is 5.91. The molecule has 1 amide bonds. The van der Waals surface area contributed by atoms with E-state index >= 15 is 0 Å². The lowest BCUT2D eigenvalue weighted by molar-refractivity contribution is -0.116. The van der Waals surface area contributed by atoms with Gasteiger partial charge in [-0.1, -0.05) is 47.5 Å². The van der Waals surface area contributed by atoms with Crippen molar-refractivity contribution in [3.8, 4) is 0 Å². The van der Waals surface area contributed by atoms with E-state index in [0.29, 0.717) is 18.5 Å². The fourth-order valence-electron chi connectivity index (χ4n) is 2.79. The molecule has 0 fully saturated rings. The van der Waals surface area contributed by atoms with E-state index < -0.39 is 10.0 Å². The molecule has 0 atom stereocenters. The third kappa shape index (κ3) is 5.93. The van der Waals surface area contributed by atoms with Crippen LogP contribution in [-0.4, -0.2) is 14.3 Å². The van der Waals surface area contributed by atoms with E-state index in [-0.39, 0.29) is 10.8 Å². The molecule has 29 heavy (non-hydrogen) atoms. The van der Waals surface area contributed by atoms with Gasteiger partial charge in [0.2, 0.25) is 5.91 Å². The molecular formula is C23H24N2O3S. The van der Waals surface area contributed by atoms with Crippen LogP contribution in [0.1, 0.15) is 23.1 Å². The quantitative estimate of drug-likeness (QED) is 0.596. The largest absolute Gasteiger partial charge is 0.326 e. The molecule has 3 aromatic carbocycles. The Kier molecular flexibility index (Phi) is 6.34. The predicted octanol–water partition coefficient (Wildman–Crippen LogP) is 4.68. The first-order valence-electron chi connectivity index (χ1n) is 9.37. The fraction of sp³-hybridized carbons (Fsp3) is 0.174. The molecule has 0 bridgehead atoms. The van der Waals surface area contributed by atoms with Gasteiger partial charge in [-0.2, -0.15) is 0 Å². The lowest BCUT2D eigenvalue weighted by Gasteiger charge is -2.09. The number of nitrogens with one attached hydrogen (secondary N) is 2. The molecule has 2 N–H and O–H groups in total. The summed E-state index contributed by atoms with van der Waals surface area (Å²) in [4.78, 5) is 12.3. The van der Waals surface area contributed by atoms with Crippen LogP contribution in [0.25, 0.3) is 0 Å². The van der Waals surface area contributed by atoms with Crippen LogP contribution in [0, 0.1) is 13.8 Å². The number of amides is 1. The SMILES string of the molecule is Cc1ccc(NC(=O)CCc2ccc(S(=O)(=O)Nc3ccc(C)cc3)cc2)cc1. The number of sulfonamides is 1. The third-order valence-electron chi connectivity index (χ3n) is 4.51. The van der Waals surface area contributed by atoms with Crippen molar-refractivity contribution in [2.75, 3.05) is 10.0 Å². The van der Waals surface area contributed by atoms with E-state index in [9.17, 15) is 13.2 Å². The second-order valence-electron chi connectivity index (χ2n) is 7.03. The topological polar surface area (TPSA) is 75.3 Å². The first-order valence-corrected chi connectivity index (χ1v) is 10.9. The van der Waals surface area contributed by atoms with Crippen molar-refractivity contribution in [3.05, 3.63) is 89.5 Å². The van der Waals surface area contributed by atoms with Crippen LogP contribution in [0.4, 0.5) is 11.4 Å². The number of hydrogen-bond acceptors (Lipinski definition) is 3. The van der Waals surface area contributed by atoms with Crippen LogP contribution in [-0.2, 0) is 21.2 Å². The second-order valence-corrected chi connectivity index (χ2v) is 8.71. The maximum Gasteiger partial charge on any atom is 0.261 e. The Hall–Kier alpha value is -3.12. The zero-order valence-corrected chi connectivity index (χ0v) is 17.3. The summed E-state index contributed by atoms with van der Waals surface area (Å²) in [5, 5.41) is 2.86. The molecular weight excluding hydrogens is 384 g/mol. The summed E-state index contributed by atoms with van der Waals surface area (Å²) < 4.78 is 27.6. The Balaban J connectivity index is 1.57. The molecule has 0 radical (unpaired) electrons. The number of rotatable bonds is 7. The molecule has 0 spiro atoms. The molecule has 0 saturated carbocycles. The number of hydrogen-bond donors (Lipinski definition) is 2. The predicted molar refractivity (Wildman–Crippen MR) is 117 cm³/mol. The summed E-state index contributed by atoms with van der Waals surface area (Å²) >= 11 is 0. The summed E-state index contributed by atoms with van der Waals surface area (Å²) in [6, 6.07) is 21.4. The summed E-state index contributed by atoms with van der Waals surface area (Å²) in [6.45, 7) is 3.93. The van der Waals surface area contributed by atoms with Gasteiger partial charge in [0.05, 0.1) is 4.90 Å². The first-order chi connectivity index (χ1) is 13.8. The molecule has 0 aliphatic carbocycles. The van der Waals surface area contributed by atoms with E-state index in [2.05, 4.69) is 10.0 Å². The Morgan fingerprint density at radius 1 is 0.759 bits per heavy atom. The van der Waals surface area contributed by atoms with Crippen molar-refractivity contribution in [2.24, 2.45) is 0 Å². The highest BCUT2D eigenvalue weighted by atomic mass is 32.2. The zero-order chi connectivity index (χ0) is 20.9. The molecule has 150 valence electrons. The van der Waals surface area contributed by atoms with E-state index in [1.807, 2.05) is 50.2 Å². The van der Waals surface area contributed by atoms with Gasteiger partial charge in [-0.3, -0.25) is 9.52 Å². The van der Waals surface area contributed by atoms with Crippen LogP contribution >= 0.6 is 0 Å². The van der Waals surface area contributed by atoms with Gasteiger partial charge in [0.1, 0.15) is 0 Å². The van der Waals surface area contributed by atoms with Crippen LogP contribution in [0.15, 0.2) is 77.7 Å². The summed E-state index contributed by atoms with van der Waals surface area (Å²) in [7, 11) is -3.65. The number of benzene rings is 3. The van der Waals surface area contributed by atoms with Crippen molar-refractivity contribution in [3.63, 3.8) is 0 Å². The Labute approximate surface area is 171 Å². The van der Waals surface area contributed by atoms with Gasteiger partial charge >= 0.3 is 0 Å². The molecule has 0 aliphatic rings. The van der Waals surface area contributed by atoms with Crippen molar-refractivity contribution >= 4 is 27.3 Å². The second kappa shape index (κ2) is 8.92. The minimum Gasteiger partial charge on any atom is -0.326 e. The van der Waals surface area contributed by atoms with Gasteiger partial charge in [0, 0.05) is 17.8 Å². The van der Waals surface area contributed by atoms with Crippen LogP contribution < -0.4 is 10.0 Å². The Morgan fingerprint density at radius 3 is 1.83 bits per heavy atom. The number of aryl methyl sites for hydroxylation is 3. The van der Waals surface area contributed by atoms with Crippen molar-refractivity contribution in [1.82, 2.24) is 0 Å². The standard InChI is InChI=1S/C23H24N2O3S/c1-17-3-10-20(11-4-17)24-23(26)16-9-19-7-14-22(15-8-19)29(27,28)25-21-12-5-18(2)6-13-21/h3-8,10-15,25H,9,16H2,1-2H3,(H,24,26). The summed E-state index contributed by atoms with van der Waals surface area (Å²) in [5.41, 5.74) is 4.38. The summed E-state index contributed by atoms with van der Waals surface area (Å²) in [5.74, 6) is -0.0772. The lowest BCUT2D eigenvalue weighted by Crippen LogP contribution is -2.13. The zero-order valence-electron chi connectivity index (χ0n) is 16.5. The summed E-state index contributed by atoms with van der Waals surface area (Å²) in [6.07, 6.45) is 0.852. The number of anilines is 2. The maximum absolute atomic E-state index is 12.5. The normalized spacial score (nSPS) is 11.1. The molecule has 0 aromatic heterocycles. The first kappa shape index (κ1) is 20.6. The van der Waals surface area contributed by atoms with E-state index in [4.69, 9.17) is 0 Å². The van der Waals surface area contributed by atoms with Crippen LogP contribution in [0.2, 0.25) is 0 Å². The van der Waals surface area contributed by atoms with E-state index in [1.54, 1.807) is 36.4 Å². The number of carbonyl (C=O) groups excluding carboxylic acids is 1. The minimum absolute atomic E-state index is 0.0772. The molecule has 3 rings (SSSR count). The minimum atomic E-state index is -3.65. The Bertz CT molecular complexity index is 1070. The fourth-order valence-corrected chi connectivity index (χ4v) is 3.85. The van der Waals surface area contributed by atoms with Gasteiger partial charge in [0.25, 0.3) is 10.0 Å². The molecule has 0 unspecified atom stereocenters. The van der Waals surface area contributed by atoms with Gasteiger partial charge < -0.3 is 5.32 Å². The van der Waals surface area contributed by atoms with Gasteiger partial charge in [0.15, 0.2) is 0 Å².